The van der Waals surface area contributed by atoms with Crippen molar-refractivity contribution in [2.45, 2.75) is 10.9 Å². The molecule has 2 amide bonds. The SMILES string of the molecule is CN(C(=O)NCCN1CCOCC1)[C@H]1CS(=O)(=O)c2ccc(Cl)cc21. The van der Waals surface area contributed by atoms with Gasteiger partial charge in [0, 0.05) is 38.2 Å². The van der Waals surface area contributed by atoms with E-state index < -0.39 is 15.9 Å². The highest BCUT2D eigenvalue weighted by Gasteiger charge is 2.38. The highest BCUT2D eigenvalue weighted by atomic mass is 35.5. The molecule has 0 aromatic heterocycles. The zero-order chi connectivity index (χ0) is 18.0. The topological polar surface area (TPSA) is 79.0 Å². The summed E-state index contributed by atoms with van der Waals surface area (Å²) in [5.74, 6) is -0.115. The van der Waals surface area contributed by atoms with Gasteiger partial charge in [-0.2, -0.15) is 0 Å². The largest absolute Gasteiger partial charge is 0.379 e. The van der Waals surface area contributed by atoms with Crippen LogP contribution in [0, 0.1) is 0 Å². The number of hydrogen-bond acceptors (Lipinski definition) is 5. The molecule has 3 rings (SSSR count). The lowest BCUT2D eigenvalue weighted by Crippen LogP contribution is -2.45. The van der Waals surface area contributed by atoms with E-state index in [-0.39, 0.29) is 16.7 Å². The Morgan fingerprint density at radius 3 is 2.84 bits per heavy atom. The smallest absolute Gasteiger partial charge is 0.317 e. The zero-order valence-electron chi connectivity index (χ0n) is 14.1. The van der Waals surface area contributed by atoms with Crippen molar-refractivity contribution in [3.63, 3.8) is 0 Å². The second-order valence-corrected chi connectivity index (χ2v) is 8.72. The fourth-order valence-corrected chi connectivity index (χ4v) is 5.19. The van der Waals surface area contributed by atoms with E-state index in [0.29, 0.717) is 30.3 Å². The molecule has 0 bridgehead atoms. The molecule has 1 aromatic rings. The number of halogens is 1. The average Bonchev–Trinajstić information content (AvgIpc) is 2.85. The van der Waals surface area contributed by atoms with Crippen LogP contribution in [0.25, 0.3) is 0 Å². The summed E-state index contributed by atoms with van der Waals surface area (Å²) in [5, 5.41) is 3.32. The minimum absolute atomic E-state index is 0.115. The van der Waals surface area contributed by atoms with Crippen LogP contribution in [0.15, 0.2) is 23.1 Å². The van der Waals surface area contributed by atoms with Gasteiger partial charge in [0.25, 0.3) is 0 Å². The van der Waals surface area contributed by atoms with Gasteiger partial charge in [0.2, 0.25) is 0 Å². The molecular weight excluding hydrogens is 366 g/mol. The lowest BCUT2D eigenvalue weighted by molar-refractivity contribution is 0.0386. The highest BCUT2D eigenvalue weighted by molar-refractivity contribution is 7.91. The minimum atomic E-state index is -3.39. The zero-order valence-corrected chi connectivity index (χ0v) is 15.6. The van der Waals surface area contributed by atoms with Crippen LogP contribution in [0.5, 0.6) is 0 Å². The third kappa shape index (κ3) is 4.08. The van der Waals surface area contributed by atoms with Crippen molar-refractivity contribution in [1.82, 2.24) is 15.1 Å². The van der Waals surface area contributed by atoms with Crippen molar-refractivity contribution < 1.29 is 17.9 Å². The van der Waals surface area contributed by atoms with Crippen molar-refractivity contribution in [2.24, 2.45) is 0 Å². The van der Waals surface area contributed by atoms with E-state index in [1.807, 2.05) is 0 Å². The summed E-state index contributed by atoms with van der Waals surface area (Å²) in [5.41, 5.74) is 0.582. The number of amides is 2. The molecule has 9 heteroatoms. The second kappa shape index (κ2) is 7.49. The van der Waals surface area contributed by atoms with Gasteiger partial charge in [-0.25, -0.2) is 13.2 Å². The molecule has 1 aromatic carbocycles. The van der Waals surface area contributed by atoms with E-state index in [1.165, 1.54) is 11.0 Å². The van der Waals surface area contributed by atoms with Gasteiger partial charge in [-0.3, -0.25) is 4.90 Å². The Morgan fingerprint density at radius 1 is 1.40 bits per heavy atom. The fourth-order valence-electron chi connectivity index (χ4n) is 3.18. The monoisotopic (exact) mass is 387 g/mol. The van der Waals surface area contributed by atoms with Gasteiger partial charge < -0.3 is 15.0 Å². The van der Waals surface area contributed by atoms with Gasteiger partial charge >= 0.3 is 6.03 Å². The number of benzene rings is 1. The van der Waals surface area contributed by atoms with Crippen LogP contribution in [-0.4, -0.2) is 76.4 Å². The van der Waals surface area contributed by atoms with Gasteiger partial charge in [0.1, 0.15) is 0 Å². The van der Waals surface area contributed by atoms with Crippen LogP contribution >= 0.6 is 11.6 Å². The van der Waals surface area contributed by atoms with Gasteiger partial charge in [0.05, 0.1) is 29.9 Å². The lowest BCUT2D eigenvalue weighted by Gasteiger charge is -2.28. The van der Waals surface area contributed by atoms with E-state index in [0.717, 1.165) is 19.6 Å². The number of nitrogens with one attached hydrogen (secondary N) is 1. The maximum absolute atomic E-state index is 12.4. The van der Waals surface area contributed by atoms with Crippen LogP contribution in [-0.2, 0) is 14.6 Å². The fraction of sp³-hybridized carbons (Fsp3) is 0.562. The molecule has 2 aliphatic heterocycles. The summed E-state index contributed by atoms with van der Waals surface area (Å²) in [7, 11) is -1.78. The van der Waals surface area contributed by atoms with E-state index in [1.54, 1.807) is 19.2 Å². The Balaban J connectivity index is 1.62. The first-order valence-electron chi connectivity index (χ1n) is 8.21. The number of hydrogen-bond donors (Lipinski definition) is 1. The summed E-state index contributed by atoms with van der Waals surface area (Å²) >= 11 is 6.01. The second-order valence-electron chi connectivity index (χ2n) is 6.28. The average molecular weight is 388 g/mol. The maximum Gasteiger partial charge on any atom is 0.317 e. The number of sulfone groups is 1. The van der Waals surface area contributed by atoms with Crippen LogP contribution in [0.4, 0.5) is 4.79 Å². The van der Waals surface area contributed by atoms with Crippen LogP contribution < -0.4 is 5.32 Å². The normalized spacial score (nSPS) is 22.4. The highest BCUT2D eigenvalue weighted by Crippen LogP contribution is 2.37. The Bertz CT molecular complexity index is 750. The summed E-state index contributed by atoms with van der Waals surface area (Å²) in [6.45, 7) is 4.40. The van der Waals surface area contributed by atoms with Crippen molar-refractivity contribution >= 4 is 27.5 Å². The summed E-state index contributed by atoms with van der Waals surface area (Å²) in [6.07, 6.45) is 0. The number of morpholine rings is 1. The molecule has 0 aliphatic carbocycles. The Hall–Kier alpha value is -1.35. The third-order valence-corrected chi connectivity index (χ3v) is 6.67. The quantitative estimate of drug-likeness (QED) is 0.838. The maximum atomic E-state index is 12.4. The lowest BCUT2D eigenvalue weighted by atomic mass is 10.1. The molecular formula is C16H22ClN3O4S. The van der Waals surface area contributed by atoms with Crippen molar-refractivity contribution in [2.75, 3.05) is 52.2 Å². The molecule has 0 saturated carbocycles. The number of carbonyl (C=O) groups is 1. The first kappa shape index (κ1) is 18.4. The molecule has 138 valence electrons. The van der Waals surface area contributed by atoms with E-state index >= 15 is 0 Å². The number of carbonyl (C=O) groups excluding carboxylic acids is 1. The first-order valence-corrected chi connectivity index (χ1v) is 10.2. The number of rotatable bonds is 4. The molecule has 25 heavy (non-hydrogen) atoms. The molecule has 2 heterocycles. The van der Waals surface area contributed by atoms with Gasteiger partial charge in [-0.15, -0.1) is 0 Å². The van der Waals surface area contributed by atoms with Crippen LogP contribution in [0.2, 0.25) is 5.02 Å². The predicted molar refractivity (Wildman–Crippen MR) is 94.7 cm³/mol. The van der Waals surface area contributed by atoms with Crippen molar-refractivity contribution in [1.29, 1.82) is 0 Å². The van der Waals surface area contributed by atoms with E-state index in [4.69, 9.17) is 16.3 Å². The van der Waals surface area contributed by atoms with Gasteiger partial charge in [-0.1, -0.05) is 11.6 Å². The molecule has 1 fully saturated rings. The van der Waals surface area contributed by atoms with Crippen molar-refractivity contribution in [3.05, 3.63) is 28.8 Å². The molecule has 2 aliphatic rings. The van der Waals surface area contributed by atoms with Gasteiger partial charge in [-0.05, 0) is 23.8 Å². The molecule has 0 unspecified atom stereocenters. The summed E-state index contributed by atoms with van der Waals surface area (Å²) < 4.78 is 29.9. The summed E-state index contributed by atoms with van der Waals surface area (Å²) in [6, 6.07) is 3.88. The Kier molecular flexibility index (Phi) is 5.52. The van der Waals surface area contributed by atoms with Crippen molar-refractivity contribution in [3.8, 4) is 0 Å². The molecule has 1 N–H and O–H groups in total. The van der Waals surface area contributed by atoms with Gasteiger partial charge in [0.15, 0.2) is 9.84 Å². The van der Waals surface area contributed by atoms with Crippen LogP contribution in [0.1, 0.15) is 11.6 Å². The minimum Gasteiger partial charge on any atom is -0.379 e. The molecule has 0 spiro atoms. The number of nitrogens with zero attached hydrogens (tertiary/aromatic N) is 2. The molecule has 7 nitrogen and oxygen atoms in total. The summed E-state index contributed by atoms with van der Waals surface area (Å²) in [4.78, 5) is 16.3. The standard InChI is InChI=1S/C16H22ClN3O4S/c1-19(16(21)18-4-5-20-6-8-24-9-7-20)14-11-25(22,23)15-3-2-12(17)10-13(14)15/h2-3,10,14H,4-9,11H2,1H3,(H,18,21)/t14-/m0/s1. The number of fused-ring (bicyclic) bond motifs is 1. The van der Waals surface area contributed by atoms with E-state index in [2.05, 4.69) is 10.2 Å². The third-order valence-electron chi connectivity index (χ3n) is 4.64. The number of urea groups is 1. The number of ether oxygens (including phenoxy) is 1. The van der Waals surface area contributed by atoms with E-state index in [9.17, 15) is 13.2 Å². The predicted octanol–water partition coefficient (Wildman–Crippen LogP) is 1.14. The molecule has 1 saturated heterocycles. The van der Waals surface area contributed by atoms with Crippen LogP contribution in [0.3, 0.4) is 0 Å². The first-order chi connectivity index (χ1) is 11.9. The molecule has 0 radical (unpaired) electrons. The molecule has 1 atom stereocenters. The Labute approximate surface area is 152 Å². The Morgan fingerprint density at radius 2 is 2.12 bits per heavy atom.